The van der Waals surface area contributed by atoms with Crippen molar-refractivity contribution in [3.63, 3.8) is 0 Å². The molecule has 0 radical (unpaired) electrons. The molecule has 0 bridgehead atoms. The van der Waals surface area contributed by atoms with E-state index in [1.807, 2.05) is 31.2 Å². The summed E-state index contributed by atoms with van der Waals surface area (Å²) in [4.78, 5) is 24.6. The summed E-state index contributed by atoms with van der Waals surface area (Å²) < 4.78 is 5.91. The van der Waals surface area contributed by atoms with Crippen LogP contribution in [0.2, 0.25) is 10.0 Å². The summed E-state index contributed by atoms with van der Waals surface area (Å²) in [5.41, 5.74) is 1.72. The van der Waals surface area contributed by atoms with Gasteiger partial charge in [0.1, 0.15) is 4.88 Å². The molecule has 3 rings (SSSR count). The van der Waals surface area contributed by atoms with Crippen LogP contribution in [-0.2, 0) is 16.0 Å². The van der Waals surface area contributed by atoms with Crippen LogP contribution < -0.4 is 5.32 Å². The Balaban J connectivity index is 1.67. The molecule has 0 unspecified atom stereocenters. The number of fused-ring (bicyclic) bond motifs is 1. The van der Waals surface area contributed by atoms with Crippen LogP contribution in [0, 0.1) is 0 Å². The van der Waals surface area contributed by atoms with Crippen LogP contribution >= 0.6 is 34.5 Å². The van der Waals surface area contributed by atoms with Gasteiger partial charge in [-0.2, -0.15) is 0 Å². The summed E-state index contributed by atoms with van der Waals surface area (Å²) in [6.07, 6.45) is 0.788. The zero-order chi connectivity index (χ0) is 18.7. The molecule has 4 nitrogen and oxygen atoms in total. The molecule has 0 aliphatic heterocycles. The lowest BCUT2D eigenvalue weighted by atomic mass is 10.1. The molecule has 0 aliphatic carbocycles. The summed E-state index contributed by atoms with van der Waals surface area (Å²) >= 11 is 13.4. The van der Waals surface area contributed by atoms with Gasteiger partial charge in [-0.05, 0) is 30.2 Å². The fourth-order valence-corrected chi connectivity index (χ4v) is 4.18. The number of ether oxygens (including phenoxy) is 1. The minimum atomic E-state index is -0.633. The molecule has 7 heteroatoms. The highest BCUT2D eigenvalue weighted by molar-refractivity contribution is 7.21. The van der Waals surface area contributed by atoms with Crippen LogP contribution in [-0.4, -0.2) is 18.5 Å². The number of nitrogens with one attached hydrogen (secondary N) is 1. The summed E-state index contributed by atoms with van der Waals surface area (Å²) in [7, 11) is 0. The van der Waals surface area contributed by atoms with E-state index in [9.17, 15) is 9.59 Å². The van der Waals surface area contributed by atoms with Gasteiger partial charge in [-0.3, -0.25) is 4.79 Å². The third kappa shape index (κ3) is 4.01. The molecule has 0 aliphatic rings. The van der Waals surface area contributed by atoms with Gasteiger partial charge in [0.2, 0.25) is 0 Å². The van der Waals surface area contributed by atoms with E-state index >= 15 is 0 Å². The molecule has 1 heterocycles. The van der Waals surface area contributed by atoms with E-state index in [2.05, 4.69) is 5.32 Å². The number of carbonyl (C=O) groups is 2. The highest BCUT2D eigenvalue weighted by atomic mass is 35.5. The second-order valence-corrected chi connectivity index (χ2v) is 7.39. The minimum absolute atomic E-state index is 0.255. The molecule has 0 saturated carbocycles. The number of halogens is 2. The number of aryl methyl sites for hydroxylation is 1. The predicted octanol–water partition coefficient (Wildman–Crippen LogP) is 5.57. The number of amides is 1. The van der Waals surface area contributed by atoms with Gasteiger partial charge in [-0.1, -0.05) is 54.4 Å². The summed E-state index contributed by atoms with van der Waals surface area (Å²) in [6.45, 7) is 1.61. The van der Waals surface area contributed by atoms with Crippen LogP contribution in [0.25, 0.3) is 10.1 Å². The Morgan fingerprint density at radius 3 is 2.69 bits per heavy atom. The molecule has 1 amide bonds. The molecular weight excluding hydrogens is 393 g/mol. The van der Waals surface area contributed by atoms with Crippen molar-refractivity contribution in [1.29, 1.82) is 0 Å². The van der Waals surface area contributed by atoms with Gasteiger partial charge in [0.15, 0.2) is 6.61 Å². The third-order valence-electron chi connectivity index (χ3n) is 3.78. The lowest BCUT2D eigenvalue weighted by Crippen LogP contribution is -2.21. The third-order valence-corrected chi connectivity index (χ3v) is 5.66. The highest BCUT2D eigenvalue weighted by Gasteiger charge is 2.19. The molecule has 3 aromatic rings. The molecule has 1 N–H and O–H groups in total. The number of para-hydroxylation sites is 1. The quantitative estimate of drug-likeness (QED) is 0.562. The number of thiophene rings is 1. The van der Waals surface area contributed by atoms with Gasteiger partial charge in [-0.25, -0.2) is 4.79 Å². The molecule has 2 aromatic carbocycles. The van der Waals surface area contributed by atoms with Gasteiger partial charge in [0.25, 0.3) is 5.91 Å². The molecule has 1 aromatic heterocycles. The molecule has 134 valence electrons. The Morgan fingerprint density at radius 2 is 1.92 bits per heavy atom. The number of rotatable bonds is 5. The fourth-order valence-electron chi connectivity index (χ4n) is 2.50. The highest BCUT2D eigenvalue weighted by Crippen LogP contribution is 2.37. The van der Waals surface area contributed by atoms with Crippen molar-refractivity contribution in [3.05, 3.63) is 63.0 Å². The lowest BCUT2D eigenvalue weighted by Gasteiger charge is -2.09. The molecule has 0 fully saturated rings. The van der Waals surface area contributed by atoms with Crippen molar-refractivity contribution in [3.8, 4) is 0 Å². The lowest BCUT2D eigenvalue weighted by molar-refractivity contribution is -0.119. The van der Waals surface area contributed by atoms with E-state index in [4.69, 9.17) is 27.9 Å². The first-order valence-corrected chi connectivity index (χ1v) is 9.49. The van der Waals surface area contributed by atoms with Gasteiger partial charge in [0.05, 0.1) is 5.02 Å². The smallest absolute Gasteiger partial charge is 0.350 e. The largest absolute Gasteiger partial charge is 0.451 e. The Labute approximate surface area is 164 Å². The fraction of sp³-hybridized carbons (Fsp3) is 0.158. The van der Waals surface area contributed by atoms with E-state index in [0.717, 1.165) is 22.1 Å². The second-order valence-electron chi connectivity index (χ2n) is 5.52. The average Bonchev–Trinajstić information content (AvgIpc) is 2.96. The SMILES string of the molecule is CCc1ccccc1NC(=O)COC(=O)c1sc2cc(Cl)ccc2c1Cl. The molecule has 26 heavy (non-hydrogen) atoms. The van der Waals surface area contributed by atoms with E-state index in [1.54, 1.807) is 18.2 Å². The van der Waals surface area contributed by atoms with E-state index < -0.39 is 11.9 Å². The maximum Gasteiger partial charge on any atom is 0.350 e. The predicted molar refractivity (Wildman–Crippen MR) is 107 cm³/mol. The molecule has 0 spiro atoms. The number of anilines is 1. The maximum atomic E-state index is 12.3. The van der Waals surface area contributed by atoms with E-state index in [0.29, 0.717) is 15.7 Å². The van der Waals surface area contributed by atoms with Crippen molar-refractivity contribution < 1.29 is 14.3 Å². The molecular formula is C19H15Cl2NO3S. The Morgan fingerprint density at radius 1 is 1.15 bits per heavy atom. The number of hydrogen-bond acceptors (Lipinski definition) is 4. The maximum absolute atomic E-state index is 12.3. The normalized spacial score (nSPS) is 10.7. The van der Waals surface area contributed by atoms with Crippen molar-refractivity contribution in [2.45, 2.75) is 13.3 Å². The van der Waals surface area contributed by atoms with Crippen LogP contribution in [0.15, 0.2) is 42.5 Å². The van der Waals surface area contributed by atoms with Crippen LogP contribution in [0.4, 0.5) is 5.69 Å². The zero-order valence-corrected chi connectivity index (χ0v) is 16.2. The number of carbonyl (C=O) groups excluding carboxylic acids is 2. The van der Waals surface area contributed by atoms with E-state index in [1.165, 1.54) is 11.3 Å². The number of esters is 1. The molecule has 0 atom stereocenters. The first kappa shape index (κ1) is 18.7. The first-order valence-electron chi connectivity index (χ1n) is 7.92. The minimum Gasteiger partial charge on any atom is -0.451 e. The standard InChI is InChI=1S/C19H15Cl2NO3S/c1-2-11-5-3-4-6-14(11)22-16(23)10-25-19(24)18-17(21)13-8-7-12(20)9-15(13)26-18/h3-9H,2,10H2,1H3,(H,22,23). The molecule has 0 saturated heterocycles. The number of benzene rings is 2. The Kier molecular flexibility index (Phi) is 5.81. The Bertz CT molecular complexity index is 984. The van der Waals surface area contributed by atoms with Gasteiger partial charge in [-0.15, -0.1) is 11.3 Å². The summed E-state index contributed by atoms with van der Waals surface area (Å²) in [6, 6.07) is 12.7. The average molecular weight is 408 g/mol. The number of hydrogen-bond donors (Lipinski definition) is 1. The first-order chi connectivity index (χ1) is 12.5. The Hall–Kier alpha value is -2.08. The monoisotopic (exact) mass is 407 g/mol. The summed E-state index contributed by atoms with van der Waals surface area (Å²) in [5.74, 6) is -1.04. The van der Waals surface area contributed by atoms with Gasteiger partial charge < -0.3 is 10.1 Å². The van der Waals surface area contributed by atoms with Crippen LogP contribution in [0.3, 0.4) is 0 Å². The van der Waals surface area contributed by atoms with Gasteiger partial charge in [0, 0.05) is 20.8 Å². The second kappa shape index (κ2) is 8.08. The van der Waals surface area contributed by atoms with Gasteiger partial charge >= 0.3 is 5.97 Å². The van der Waals surface area contributed by atoms with Crippen molar-refractivity contribution >= 4 is 62.2 Å². The van der Waals surface area contributed by atoms with Crippen molar-refractivity contribution in [1.82, 2.24) is 0 Å². The van der Waals surface area contributed by atoms with Crippen LogP contribution in [0.1, 0.15) is 22.2 Å². The van der Waals surface area contributed by atoms with Crippen molar-refractivity contribution in [2.75, 3.05) is 11.9 Å². The zero-order valence-electron chi connectivity index (χ0n) is 13.8. The topological polar surface area (TPSA) is 55.4 Å². The van der Waals surface area contributed by atoms with Crippen LogP contribution in [0.5, 0.6) is 0 Å². The van der Waals surface area contributed by atoms with E-state index in [-0.39, 0.29) is 11.5 Å². The summed E-state index contributed by atoms with van der Waals surface area (Å²) in [5, 5.41) is 4.35. The van der Waals surface area contributed by atoms with Crippen molar-refractivity contribution in [2.24, 2.45) is 0 Å².